The summed E-state index contributed by atoms with van der Waals surface area (Å²) >= 11 is 0. The standard InChI is InChI=1S/C27H25FN4O4/c28-21-9-4-3-8-18(21)16-29-27(35)32-23(17-6-1-2-7-17)15-22(31-32)20-14-19(11-12-24(20)33)30-26(34)25-10-5-13-36-25/h3-5,8-15,17,33H,1-2,6-7,16H2,(H,29,35)(H,30,34). The summed E-state index contributed by atoms with van der Waals surface area (Å²) in [4.78, 5) is 25.5. The highest BCUT2D eigenvalue weighted by Gasteiger charge is 2.26. The van der Waals surface area contributed by atoms with Crippen LogP contribution < -0.4 is 10.6 Å². The summed E-state index contributed by atoms with van der Waals surface area (Å²) in [7, 11) is 0. The minimum Gasteiger partial charge on any atom is -0.507 e. The number of benzene rings is 2. The Kier molecular flexibility index (Phi) is 6.53. The number of phenols is 1. The fraction of sp³-hybridized carbons (Fsp3) is 0.222. The Morgan fingerprint density at radius 1 is 1.08 bits per heavy atom. The Morgan fingerprint density at radius 3 is 2.64 bits per heavy atom. The number of nitrogens with zero attached hydrogens (tertiary/aromatic N) is 2. The number of aromatic hydroxyl groups is 1. The number of halogens is 1. The van der Waals surface area contributed by atoms with E-state index in [9.17, 15) is 19.1 Å². The number of amides is 2. The molecule has 8 nitrogen and oxygen atoms in total. The Bertz CT molecular complexity index is 1390. The van der Waals surface area contributed by atoms with E-state index in [0.717, 1.165) is 31.4 Å². The molecule has 0 spiro atoms. The van der Waals surface area contributed by atoms with Crippen LogP contribution in [0, 0.1) is 5.82 Å². The van der Waals surface area contributed by atoms with Gasteiger partial charge in [-0.2, -0.15) is 9.78 Å². The van der Waals surface area contributed by atoms with Gasteiger partial charge in [0.2, 0.25) is 0 Å². The SMILES string of the molecule is O=C(Nc1ccc(O)c(-c2cc(C3CCCC3)n(C(=O)NCc3ccccc3F)n2)c1)c1ccco1. The largest absolute Gasteiger partial charge is 0.507 e. The third-order valence-electron chi connectivity index (χ3n) is 6.37. The monoisotopic (exact) mass is 488 g/mol. The number of hydrogen-bond donors (Lipinski definition) is 3. The third-order valence-corrected chi connectivity index (χ3v) is 6.37. The Labute approximate surface area is 206 Å². The van der Waals surface area contributed by atoms with E-state index in [4.69, 9.17) is 4.42 Å². The van der Waals surface area contributed by atoms with Gasteiger partial charge < -0.3 is 20.2 Å². The first-order valence-corrected chi connectivity index (χ1v) is 11.8. The second kappa shape index (κ2) is 10.1. The molecule has 3 N–H and O–H groups in total. The van der Waals surface area contributed by atoms with E-state index >= 15 is 0 Å². The first-order valence-electron chi connectivity index (χ1n) is 11.8. The fourth-order valence-electron chi connectivity index (χ4n) is 4.51. The summed E-state index contributed by atoms with van der Waals surface area (Å²) in [6.07, 6.45) is 5.38. The van der Waals surface area contributed by atoms with Crippen molar-refractivity contribution in [2.24, 2.45) is 0 Å². The second-order valence-corrected chi connectivity index (χ2v) is 8.76. The van der Waals surface area contributed by atoms with Gasteiger partial charge in [-0.05, 0) is 55.3 Å². The van der Waals surface area contributed by atoms with Gasteiger partial charge >= 0.3 is 6.03 Å². The smallest absolute Gasteiger partial charge is 0.342 e. The van der Waals surface area contributed by atoms with E-state index in [1.807, 2.05) is 0 Å². The maximum atomic E-state index is 14.0. The number of nitrogens with one attached hydrogen (secondary N) is 2. The lowest BCUT2D eigenvalue weighted by molar-refractivity contribution is 0.0996. The van der Waals surface area contributed by atoms with Crippen molar-refractivity contribution in [2.75, 3.05) is 5.32 Å². The van der Waals surface area contributed by atoms with Crippen LogP contribution in [0.2, 0.25) is 0 Å². The van der Waals surface area contributed by atoms with E-state index < -0.39 is 17.8 Å². The number of phenolic OH excluding ortho intramolecular Hbond substituents is 1. The van der Waals surface area contributed by atoms with Crippen LogP contribution in [0.15, 0.2) is 71.3 Å². The van der Waals surface area contributed by atoms with Crippen LogP contribution in [0.4, 0.5) is 14.9 Å². The van der Waals surface area contributed by atoms with Gasteiger partial charge in [-0.3, -0.25) is 4.79 Å². The highest BCUT2D eigenvalue weighted by atomic mass is 19.1. The molecule has 36 heavy (non-hydrogen) atoms. The first-order chi connectivity index (χ1) is 17.5. The van der Waals surface area contributed by atoms with Crippen LogP contribution in [0.1, 0.15) is 53.4 Å². The summed E-state index contributed by atoms with van der Waals surface area (Å²) in [5.41, 5.74) is 2.30. The summed E-state index contributed by atoms with van der Waals surface area (Å²) < 4.78 is 20.4. The van der Waals surface area contributed by atoms with Crippen LogP contribution in [0.25, 0.3) is 11.3 Å². The lowest BCUT2D eigenvalue weighted by atomic mass is 10.0. The van der Waals surface area contributed by atoms with Crippen molar-refractivity contribution in [3.63, 3.8) is 0 Å². The van der Waals surface area contributed by atoms with Crippen molar-refractivity contribution < 1.29 is 23.5 Å². The number of hydrogen-bond acceptors (Lipinski definition) is 5. The molecule has 0 aliphatic heterocycles. The maximum absolute atomic E-state index is 14.0. The van der Waals surface area contributed by atoms with Crippen LogP contribution in [-0.2, 0) is 6.54 Å². The normalized spacial score (nSPS) is 13.6. The molecule has 2 heterocycles. The van der Waals surface area contributed by atoms with Crippen molar-refractivity contribution in [1.29, 1.82) is 0 Å². The van der Waals surface area contributed by atoms with Crippen LogP contribution >= 0.6 is 0 Å². The molecule has 2 aromatic heterocycles. The minimum absolute atomic E-state index is 0.0182. The molecule has 5 rings (SSSR count). The van der Waals surface area contributed by atoms with E-state index in [2.05, 4.69) is 15.7 Å². The molecule has 1 saturated carbocycles. The Morgan fingerprint density at radius 2 is 1.89 bits per heavy atom. The van der Waals surface area contributed by atoms with E-state index in [1.165, 1.54) is 23.1 Å². The van der Waals surface area contributed by atoms with Crippen molar-refractivity contribution in [3.05, 3.63) is 89.8 Å². The number of carbonyl (C=O) groups excluding carboxylic acids is 2. The summed E-state index contributed by atoms with van der Waals surface area (Å²) in [5.74, 6) is -0.562. The fourth-order valence-corrected chi connectivity index (χ4v) is 4.51. The predicted octanol–water partition coefficient (Wildman–Crippen LogP) is 5.66. The molecule has 0 saturated heterocycles. The molecule has 0 unspecified atom stereocenters. The number of aromatic nitrogens is 2. The lowest BCUT2D eigenvalue weighted by Gasteiger charge is -2.12. The van der Waals surface area contributed by atoms with Crippen molar-refractivity contribution >= 4 is 17.6 Å². The summed E-state index contributed by atoms with van der Waals surface area (Å²) in [6.45, 7) is 0.0182. The molecule has 1 aliphatic rings. The lowest BCUT2D eigenvalue weighted by Crippen LogP contribution is -2.31. The predicted molar refractivity (Wildman–Crippen MR) is 131 cm³/mol. The summed E-state index contributed by atoms with van der Waals surface area (Å²) in [6, 6.07) is 15.4. The third kappa shape index (κ3) is 4.86. The molecule has 0 bridgehead atoms. The molecule has 9 heteroatoms. The van der Waals surface area contributed by atoms with Crippen molar-refractivity contribution in [1.82, 2.24) is 15.1 Å². The van der Waals surface area contributed by atoms with Crippen molar-refractivity contribution in [2.45, 2.75) is 38.1 Å². The molecule has 184 valence electrons. The Balaban J connectivity index is 1.43. The zero-order chi connectivity index (χ0) is 25.1. The quantitative estimate of drug-likeness (QED) is 0.304. The van der Waals surface area contributed by atoms with E-state index in [0.29, 0.717) is 22.5 Å². The molecule has 0 radical (unpaired) electrons. The number of anilines is 1. The van der Waals surface area contributed by atoms with E-state index in [1.54, 1.807) is 48.5 Å². The zero-order valence-corrected chi connectivity index (χ0v) is 19.4. The molecule has 4 aromatic rings. The number of rotatable bonds is 6. The molecular weight excluding hydrogens is 463 g/mol. The van der Waals surface area contributed by atoms with E-state index in [-0.39, 0.29) is 24.0 Å². The van der Waals surface area contributed by atoms with Crippen molar-refractivity contribution in [3.8, 4) is 17.0 Å². The van der Waals surface area contributed by atoms with Crippen LogP contribution in [-0.4, -0.2) is 26.8 Å². The van der Waals surface area contributed by atoms with Gasteiger partial charge in [0.15, 0.2) is 5.76 Å². The average molecular weight is 489 g/mol. The molecule has 2 aromatic carbocycles. The van der Waals surface area contributed by atoms with Gasteiger partial charge in [0.1, 0.15) is 11.6 Å². The summed E-state index contributed by atoms with van der Waals surface area (Å²) in [5, 5.41) is 20.6. The second-order valence-electron chi connectivity index (χ2n) is 8.76. The number of furan rings is 1. The van der Waals surface area contributed by atoms with Gasteiger partial charge in [0.25, 0.3) is 5.91 Å². The maximum Gasteiger partial charge on any atom is 0.342 e. The molecule has 0 atom stereocenters. The Hall–Kier alpha value is -4.40. The highest BCUT2D eigenvalue weighted by Crippen LogP contribution is 2.38. The molecule has 1 fully saturated rings. The minimum atomic E-state index is -0.479. The van der Waals surface area contributed by atoms with Gasteiger partial charge in [0.05, 0.1) is 17.7 Å². The first kappa shape index (κ1) is 23.3. The van der Waals surface area contributed by atoms with Gasteiger partial charge in [-0.15, -0.1) is 0 Å². The van der Waals surface area contributed by atoms with Crippen LogP contribution in [0.5, 0.6) is 5.75 Å². The molecule has 2 amide bonds. The van der Waals surface area contributed by atoms with Gasteiger partial charge in [0, 0.05) is 29.3 Å². The zero-order valence-electron chi connectivity index (χ0n) is 19.4. The topological polar surface area (TPSA) is 109 Å². The number of carbonyl (C=O) groups is 2. The molecule has 1 aliphatic carbocycles. The molecular formula is C27H25FN4O4. The van der Waals surface area contributed by atoms with Gasteiger partial charge in [-0.1, -0.05) is 31.0 Å². The highest BCUT2D eigenvalue weighted by molar-refractivity contribution is 6.02. The van der Waals surface area contributed by atoms with Gasteiger partial charge in [-0.25, -0.2) is 9.18 Å². The van der Waals surface area contributed by atoms with Crippen LogP contribution in [0.3, 0.4) is 0 Å². The average Bonchev–Trinajstić information content (AvgIpc) is 3.66.